The fourth-order valence-electron chi connectivity index (χ4n) is 1.96. The van der Waals surface area contributed by atoms with E-state index in [1.54, 1.807) is 6.20 Å². The smallest absolute Gasteiger partial charge is 0.155 e. The summed E-state index contributed by atoms with van der Waals surface area (Å²) in [6, 6.07) is 1.86. The molecule has 80 valence electrons. The van der Waals surface area contributed by atoms with Crippen LogP contribution in [0.15, 0.2) is 12.3 Å². The standard InChI is InChI=1S/C11H13ClN2O/c12-11-9(8-15)10(4-5-13-11)14-6-2-1-3-7-14/h4-5,8H,1-3,6-7H2. The van der Waals surface area contributed by atoms with E-state index in [9.17, 15) is 4.79 Å². The second-order valence-electron chi connectivity index (χ2n) is 3.70. The Morgan fingerprint density at radius 3 is 2.73 bits per heavy atom. The molecule has 1 aliphatic rings. The van der Waals surface area contributed by atoms with Crippen LogP contribution in [-0.4, -0.2) is 24.4 Å². The maximum absolute atomic E-state index is 10.9. The van der Waals surface area contributed by atoms with E-state index in [-0.39, 0.29) is 0 Å². The van der Waals surface area contributed by atoms with E-state index in [1.165, 1.54) is 19.3 Å². The normalized spacial score (nSPS) is 16.5. The number of aldehydes is 1. The number of carbonyl (C=O) groups excluding carboxylic acids is 1. The molecule has 0 aromatic carbocycles. The molecule has 0 aliphatic carbocycles. The number of piperidine rings is 1. The number of rotatable bonds is 2. The number of anilines is 1. The van der Waals surface area contributed by atoms with Crippen LogP contribution in [0, 0.1) is 0 Å². The Morgan fingerprint density at radius 1 is 1.33 bits per heavy atom. The highest BCUT2D eigenvalue weighted by molar-refractivity contribution is 6.32. The number of nitrogens with zero attached hydrogens (tertiary/aromatic N) is 2. The van der Waals surface area contributed by atoms with Crippen molar-refractivity contribution in [3.05, 3.63) is 23.0 Å². The Morgan fingerprint density at radius 2 is 2.07 bits per heavy atom. The molecule has 0 amide bonds. The molecule has 0 atom stereocenters. The Hall–Kier alpha value is -1.09. The van der Waals surface area contributed by atoms with Crippen molar-refractivity contribution in [1.82, 2.24) is 4.98 Å². The molecule has 0 bridgehead atoms. The van der Waals surface area contributed by atoms with Gasteiger partial charge < -0.3 is 4.90 Å². The summed E-state index contributed by atoms with van der Waals surface area (Å²) in [5, 5.41) is 0.299. The van der Waals surface area contributed by atoms with E-state index in [1.807, 2.05) is 6.07 Å². The second-order valence-corrected chi connectivity index (χ2v) is 4.06. The van der Waals surface area contributed by atoms with Crippen LogP contribution in [0.4, 0.5) is 5.69 Å². The zero-order chi connectivity index (χ0) is 10.7. The Kier molecular flexibility index (Phi) is 3.21. The highest BCUT2D eigenvalue weighted by Gasteiger charge is 2.16. The summed E-state index contributed by atoms with van der Waals surface area (Å²) >= 11 is 5.88. The third-order valence-corrected chi connectivity index (χ3v) is 3.03. The minimum atomic E-state index is 0.299. The van der Waals surface area contributed by atoms with Crippen LogP contribution in [-0.2, 0) is 0 Å². The SMILES string of the molecule is O=Cc1c(N2CCCCC2)ccnc1Cl. The van der Waals surface area contributed by atoms with Gasteiger partial charge in [0, 0.05) is 19.3 Å². The quantitative estimate of drug-likeness (QED) is 0.572. The molecule has 2 heterocycles. The van der Waals surface area contributed by atoms with Gasteiger partial charge in [0.1, 0.15) is 5.15 Å². The molecule has 0 saturated carbocycles. The summed E-state index contributed by atoms with van der Waals surface area (Å²) in [4.78, 5) is 17.1. The van der Waals surface area contributed by atoms with E-state index in [0.717, 1.165) is 25.1 Å². The average molecular weight is 225 g/mol. The summed E-state index contributed by atoms with van der Waals surface area (Å²) < 4.78 is 0. The largest absolute Gasteiger partial charge is 0.371 e. The number of pyridine rings is 1. The molecule has 3 nitrogen and oxygen atoms in total. The third kappa shape index (κ3) is 2.12. The molecule has 0 radical (unpaired) electrons. The van der Waals surface area contributed by atoms with Gasteiger partial charge in [-0.2, -0.15) is 0 Å². The molecule has 15 heavy (non-hydrogen) atoms. The van der Waals surface area contributed by atoms with Gasteiger partial charge in [-0.05, 0) is 25.3 Å². The molecular formula is C11H13ClN2O. The minimum absolute atomic E-state index is 0.299. The first-order valence-electron chi connectivity index (χ1n) is 5.17. The molecular weight excluding hydrogens is 212 g/mol. The van der Waals surface area contributed by atoms with Gasteiger partial charge in [-0.1, -0.05) is 11.6 Å². The highest BCUT2D eigenvalue weighted by atomic mass is 35.5. The average Bonchev–Trinajstić information content (AvgIpc) is 2.30. The van der Waals surface area contributed by atoms with Crippen molar-refractivity contribution < 1.29 is 4.79 Å². The van der Waals surface area contributed by atoms with Crippen molar-refractivity contribution >= 4 is 23.6 Å². The number of carbonyl (C=O) groups is 1. The minimum Gasteiger partial charge on any atom is -0.371 e. The lowest BCUT2D eigenvalue weighted by Gasteiger charge is -2.29. The van der Waals surface area contributed by atoms with Crippen molar-refractivity contribution in [3.8, 4) is 0 Å². The van der Waals surface area contributed by atoms with Crippen LogP contribution >= 0.6 is 11.6 Å². The molecule has 1 aliphatic heterocycles. The predicted molar refractivity (Wildman–Crippen MR) is 60.7 cm³/mol. The molecule has 2 rings (SSSR count). The molecule has 0 N–H and O–H groups in total. The van der Waals surface area contributed by atoms with Gasteiger partial charge in [0.15, 0.2) is 6.29 Å². The van der Waals surface area contributed by atoms with Crippen LogP contribution in [0.25, 0.3) is 0 Å². The van der Waals surface area contributed by atoms with Gasteiger partial charge in [0.05, 0.1) is 11.3 Å². The van der Waals surface area contributed by atoms with Crippen LogP contribution in [0.3, 0.4) is 0 Å². The van der Waals surface area contributed by atoms with Crippen molar-refractivity contribution in [3.63, 3.8) is 0 Å². The molecule has 1 aromatic heterocycles. The van der Waals surface area contributed by atoms with E-state index >= 15 is 0 Å². The van der Waals surface area contributed by atoms with Gasteiger partial charge >= 0.3 is 0 Å². The molecule has 1 saturated heterocycles. The van der Waals surface area contributed by atoms with Gasteiger partial charge in [0.25, 0.3) is 0 Å². The van der Waals surface area contributed by atoms with Crippen molar-refractivity contribution in [2.75, 3.05) is 18.0 Å². The number of hydrogen-bond acceptors (Lipinski definition) is 3. The maximum Gasteiger partial charge on any atom is 0.155 e. The number of hydrogen-bond donors (Lipinski definition) is 0. The Balaban J connectivity index is 2.33. The van der Waals surface area contributed by atoms with Crippen molar-refractivity contribution in [1.29, 1.82) is 0 Å². The highest BCUT2D eigenvalue weighted by Crippen LogP contribution is 2.26. The number of halogens is 1. The summed E-state index contributed by atoms with van der Waals surface area (Å²) in [6.45, 7) is 2.00. The van der Waals surface area contributed by atoms with E-state index in [4.69, 9.17) is 11.6 Å². The predicted octanol–water partition coefficient (Wildman–Crippen LogP) is 2.54. The van der Waals surface area contributed by atoms with Crippen LogP contribution < -0.4 is 4.90 Å². The molecule has 4 heteroatoms. The van der Waals surface area contributed by atoms with E-state index in [2.05, 4.69) is 9.88 Å². The van der Waals surface area contributed by atoms with E-state index in [0.29, 0.717) is 10.7 Å². The lowest BCUT2D eigenvalue weighted by Crippen LogP contribution is -2.30. The van der Waals surface area contributed by atoms with Gasteiger partial charge in [-0.15, -0.1) is 0 Å². The van der Waals surface area contributed by atoms with Gasteiger partial charge in [-0.25, -0.2) is 4.98 Å². The van der Waals surface area contributed by atoms with Crippen LogP contribution in [0.1, 0.15) is 29.6 Å². The monoisotopic (exact) mass is 224 g/mol. The fraction of sp³-hybridized carbons (Fsp3) is 0.455. The van der Waals surface area contributed by atoms with Gasteiger partial charge in [0.2, 0.25) is 0 Å². The molecule has 0 spiro atoms. The first kappa shape index (κ1) is 10.4. The summed E-state index contributed by atoms with van der Waals surface area (Å²) in [6.07, 6.45) is 6.07. The Bertz CT molecular complexity index is 362. The van der Waals surface area contributed by atoms with E-state index < -0.39 is 0 Å². The first-order chi connectivity index (χ1) is 7.33. The summed E-state index contributed by atoms with van der Waals surface area (Å²) in [5.41, 5.74) is 1.44. The second kappa shape index (κ2) is 4.62. The lowest BCUT2D eigenvalue weighted by molar-refractivity contribution is 0.112. The topological polar surface area (TPSA) is 33.2 Å². The summed E-state index contributed by atoms with van der Waals surface area (Å²) in [5.74, 6) is 0. The zero-order valence-electron chi connectivity index (χ0n) is 8.45. The number of aromatic nitrogens is 1. The lowest BCUT2D eigenvalue weighted by atomic mass is 10.1. The third-order valence-electron chi connectivity index (χ3n) is 2.73. The fourth-order valence-corrected chi connectivity index (χ4v) is 2.16. The zero-order valence-corrected chi connectivity index (χ0v) is 9.20. The van der Waals surface area contributed by atoms with Crippen LogP contribution in [0.2, 0.25) is 5.15 Å². The first-order valence-corrected chi connectivity index (χ1v) is 5.55. The maximum atomic E-state index is 10.9. The summed E-state index contributed by atoms with van der Waals surface area (Å²) in [7, 11) is 0. The van der Waals surface area contributed by atoms with Crippen LogP contribution in [0.5, 0.6) is 0 Å². The molecule has 0 unspecified atom stereocenters. The van der Waals surface area contributed by atoms with Gasteiger partial charge in [-0.3, -0.25) is 4.79 Å². The molecule has 1 fully saturated rings. The Labute approximate surface area is 94.1 Å². The van der Waals surface area contributed by atoms with Crippen molar-refractivity contribution in [2.24, 2.45) is 0 Å². The molecule has 1 aromatic rings. The van der Waals surface area contributed by atoms with Crippen molar-refractivity contribution in [2.45, 2.75) is 19.3 Å².